The maximum atomic E-state index is 10.8. The van der Waals surface area contributed by atoms with Crippen LogP contribution in [-0.2, 0) is 6.54 Å². The highest BCUT2D eigenvalue weighted by molar-refractivity contribution is 5.94. The number of aliphatic imine (C=N–C) groups is 1. The first-order chi connectivity index (χ1) is 8.92. The molecule has 0 aliphatic heterocycles. The van der Waals surface area contributed by atoms with E-state index < -0.39 is 5.60 Å². The summed E-state index contributed by atoms with van der Waals surface area (Å²) in [6.07, 6.45) is 2.12. The van der Waals surface area contributed by atoms with Gasteiger partial charge in [-0.3, -0.25) is 4.99 Å². The van der Waals surface area contributed by atoms with Crippen LogP contribution in [0.15, 0.2) is 35.3 Å². The van der Waals surface area contributed by atoms with Gasteiger partial charge in [0.2, 0.25) is 0 Å². The molecule has 0 unspecified atom stereocenters. The van der Waals surface area contributed by atoms with Crippen LogP contribution in [0, 0.1) is 17.3 Å². The van der Waals surface area contributed by atoms with E-state index in [0.717, 1.165) is 18.6 Å². The van der Waals surface area contributed by atoms with E-state index in [1.807, 2.05) is 25.1 Å². The van der Waals surface area contributed by atoms with Gasteiger partial charge in [-0.25, -0.2) is 0 Å². The number of nitrogens with zero attached hydrogens (tertiary/aromatic N) is 1. The lowest BCUT2D eigenvalue weighted by atomic mass is 9.44. The molecule has 1 aromatic rings. The van der Waals surface area contributed by atoms with Crippen LogP contribution in [0.25, 0.3) is 0 Å². The largest absolute Gasteiger partial charge is 0.384 e. The third-order valence-electron chi connectivity index (χ3n) is 5.47. The lowest BCUT2D eigenvalue weighted by Crippen LogP contribution is -2.64. The molecule has 0 spiro atoms. The smallest absolute Gasteiger partial charge is 0.103 e. The minimum atomic E-state index is -0.715. The maximum absolute atomic E-state index is 10.8. The average molecular weight is 257 g/mol. The number of aliphatic hydroxyl groups is 1. The highest BCUT2D eigenvalue weighted by Crippen LogP contribution is 2.61. The van der Waals surface area contributed by atoms with Crippen molar-refractivity contribution in [3.8, 4) is 0 Å². The summed E-state index contributed by atoms with van der Waals surface area (Å²) in [4.78, 5) is 4.72. The Labute approximate surface area is 115 Å². The van der Waals surface area contributed by atoms with Gasteiger partial charge in [0.1, 0.15) is 5.60 Å². The van der Waals surface area contributed by atoms with Crippen molar-refractivity contribution in [3.63, 3.8) is 0 Å². The van der Waals surface area contributed by atoms with Crippen molar-refractivity contribution >= 4 is 5.71 Å². The predicted octanol–water partition coefficient (Wildman–Crippen LogP) is 3.44. The van der Waals surface area contributed by atoms with Crippen LogP contribution in [0.3, 0.4) is 0 Å². The van der Waals surface area contributed by atoms with Gasteiger partial charge in [-0.15, -0.1) is 0 Å². The van der Waals surface area contributed by atoms with E-state index in [4.69, 9.17) is 4.99 Å². The second kappa shape index (κ2) is 4.17. The van der Waals surface area contributed by atoms with Gasteiger partial charge in [-0.1, -0.05) is 44.2 Å². The Morgan fingerprint density at radius 2 is 1.89 bits per heavy atom. The van der Waals surface area contributed by atoms with Gasteiger partial charge in [-0.05, 0) is 42.6 Å². The zero-order chi connectivity index (χ0) is 13.7. The van der Waals surface area contributed by atoms with E-state index in [1.165, 1.54) is 5.56 Å². The number of benzene rings is 1. The molecule has 1 N–H and O–H groups in total. The molecule has 0 saturated heterocycles. The van der Waals surface area contributed by atoms with Crippen LogP contribution in [0.4, 0.5) is 0 Å². The molecule has 4 rings (SSSR count). The Morgan fingerprint density at radius 1 is 1.21 bits per heavy atom. The lowest BCUT2D eigenvalue weighted by Gasteiger charge is -2.62. The quantitative estimate of drug-likeness (QED) is 0.865. The molecule has 0 heterocycles. The number of fused-ring (bicyclic) bond motifs is 2. The van der Waals surface area contributed by atoms with Crippen LogP contribution >= 0.6 is 0 Å². The zero-order valence-electron chi connectivity index (χ0n) is 12.1. The third kappa shape index (κ3) is 1.93. The van der Waals surface area contributed by atoms with Crippen molar-refractivity contribution in [2.45, 2.75) is 45.8 Å². The molecule has 1 aromatic carbocycles. The number of hydrogen-bond donors (Lipinski definition) is 1. The summed E-state index contributed by atoms with van der Waals surface area (Å²) in [6.45, 7) is 7.22. The highest BCUT2D eigenvalue weighted by atomic mass is 16.3. The second-order valence-corrected chi connectivity index (χ2v) is 6.91. The summed E-state index contributed by atoms with van der Waals surface area (Å²) in [5, 5.41) is 10.8. The van der Waals surface area contributed by atoms with E-state index in [9.17, 15) is 5.11 Å². The van der Waals surface area contributed by atoms with Gasteiger partial charge in [0.25, 0.3) is 0 Å². The van der Waals surface area contributed by atoms with Gasteiger partial charge in [0.15, 0.2) is 0 Å². The van der Waals surface area contributed by atoms with Crippen LogP contribution < -0.4 is 0 Å². The van der Waals surface area contributed by atoms with Crippen molar-refractivity contribution < 1.29 is 5.11 Å². The molecule has 19 heavy (non-hydrogen) atoms. The van der Waals surface area contributed by atoms with Crippen molar-refractivity contribution in [1.29, 1.82) is 0 Å². The fourth-order valence-electron chi connectivity index (χ4n) is 3.95. The molecule has 3 aliphatic carbocycles. The van der Waals surface area contributed by atoms with Crippen molar-refractivity contribution in [1.82, 2.24) is 0 Å². The molecule has 0 amide bonds. The fraction of sp³-hybridized carbons (Fsp3) is 0.588. The Hall–Kier alpha value is -1.15. The first-order valence-corrected chi connectivity index (χ1v) is 7.22. The Balaban J connectivity index is 1.80. The normalized spacial score (nSPS) is 38.0. The lowest BCUT2D eigenvalue weighted by molar-refractivity contribution is -0.134. The van der Waals surface area contributed by atoms with Gasteiger partial charge in [0, 0.05) is 5.71 Å². The zero-order valence-corrected chi connectivity index (χ0v) is 12.1. The first kappa shape index (κ1) is 12.9. The van der Waals surface area contributed by atoms with Crippen molar-refractivity contribution in [2.24, 2.45) is 22.2 Å². The van der Waals surface area contributed by atoms with Crippen LogP contribution in [0.5, 0.6) is 0 Å². The van der Waals surface area contributed by atoms with Gasteiger partial charge in [-0.2, -0.15) is 0 Å². The Morgan fingerprint density at radius 3 is 2.47 bits per heavy atom. The standard InChI is InChI=1S/C17H23NO/c1-16(2)13-9-14(16)17(3,19)15(10-13)18-11-12-7-5-4-6-8-12/h4-8,13-14,19H,9-11H2,1-3H3/t13-,14-,17-/m1/s1. The van der Waals surface area contributed by atoms with Crippen LogP contribution in [-0.4, -0.2) is 16.4 Å². The third-order valence-corrected chi connectivity index (χ3v) is 5.47. The topological polar surface area (TPSA) is 32.6 Å². The molecule has 2 nitrogen and oxygen atoms in total. The number of rotatable bonds is 2. The molecule has 0 aromatic heterocycles. The summed E-state index contributed by atoms with van der Waals surface area (Å²) >= 11 is 0. The molecular weight excluding hydrogens is 234 g/mol. The van der Waals surface area contributed by atoms with E-state index in [0.29, 0.717) is 18.4 Å². The van der Waals surface area contributed by atoms with Crippen molar-refractivity contribution in [2.75, 3.05) is 0 Å². The monoisotopic (exact) mass is 257 g/mol. The molecule has 102 valence electrons. The van der Waals surface area contributed by atoms with Gasteiger partial charge in [0.05, 0.1) is 6.54 Å². The van der Waals surface area contributed by atoms with E-state index >= 15 is 0 Å². The molecule has 3 atom stereocenters. The van der Waals surface area contributed by atoms with Crippen molar-refractivity contribution in [3.05, 3.63) is 35.9 Å². The average Bonchev–Trinajstić information content (AvgIpc) is 2.37. The molecule has 3 saturated carbocycles. The summed E-state index contributed by atoms with van der Waals surface area (Å²) < 4.78 is 0. The number of hydrogen-bond acceptors (Lipinski definition) is 2. The first-order valence-electron chi connectivity index (χ1n) is 7.22. The maximum Gasteiger partial charge on any atom is 0.103 e. The van der Waals surface area contributed by atoms with Crippen LogP contribution in [0.1, 0.15) is 39.2 Å². The highest BCUT2D eigenvalue weighted by Gasteiger charge is 2.61. The van der Waals surface area contributed by atoms with Gasteiger partial charge >= 0.3 is 0 Å². The minimum Gasteiger partial charge on any atom is -0.384 e. The SMILES string of the molecule is CC1(C)[C@H]2CC(=NCc3ccccc3)[C@](C)(O)[C@@H]1C2. The van der Waals surface area contributed by atoms with E-state index in [2.05, 4.69) is 26.0 Å². The molecule has 2 bridgehead atoms. The Kier molecular flexibility index (Phi) is 2.82. The minimum absolute atomic E-state index is 0.273. The summed E-state index contributed by atoms with van der Waals surface area (Å²) in [7, 11) is 0. The van der Waals surface area contributed by atoms with Crippen LogP contribution in [0.2, 0.25) is 0 Å². The molecule has 2 heteroatoms. The van der Waals surface area contributed by atoms with E-state index in [-0.39, 0.29) is 5.41 Å². The second-order valence-electron chi connectivity index (χ2n) is 6.91. The fourth-order valence-corrected chi connectivity index (χ4v) is 3.95. The molecule has 3 aliphatic rings. The predicted molar refractivity (Wildman–Crippen MR) is 78.2 cm³/mol. The molecule has 3 fully saturated rings. The van der Waals surface area contributed by atoms with Gasteiger partial charge < -0.3 is 5.11 Å². The summed E-state index contributed by atoms with van der Waals surface area (Å²) in [6, 6.07) is 10.3. The van der Waals surface area contributed by atoms with E-state index in [1.54, 1.807) is 0 Å². The molecule has 0 radical (unpaired) electrons. The summed E-state index contributed by atoms with van der Waals surface area (Å²) in [5.74, 6) is 1.07. The Bertz CT molecular complexity index is 501. The molecular formula is C17H23NO. The summed E-state index contributed by atoms with van der Waals surface area (Å²) in [5.41, 5.74) is 1.78.